The van der Waals surface area contributed by atoms with Crippen LogP contribution in [0.1, 0.15) is 39.5 Å². The van der Waals surface area contributed by atoms with Crippen molar-refractivity contribution in [2.24, 2.45) is 11.8 Å². The summed E-state index contributed by atoms with van der Waals surface area (Å²) >= 11 is 0. The van der Waals surface area contributed by atoms with E-state index in [-0.39, 0.29) is 82.6 Å². The van der Waals surface area contributed by atoms with Crippen molar-refractivity contribution in [2.45, 2.75) is 39.5 Å². The summed E-state index contributed by atoms with van der Waals surface area (Å²) in [5.41, 5.74) is 0. The molecule has 16 heavy (non-hydrogen) atoms. The second kappa shape index (κ2) is 12.6. The number of carbonyl (C=O) groups excluding carboxylic acids is 2. The summed E-state index contributed by atoms with van der Waals surface area (Å²) in [6, 6.07) is 0. The van der Waals surface area contributed by atoms with Gasteiger partial charge in [0, 0.05) is 5.92 Å². The van der Waals surface area contributed by atoms with Crippen LogP contribution in [0.15, 0.2) is 0 Å². The first-order valence-corrected chi connectivity index (χ1v) is 4.94. The summed E-state index contributed by atoms with van der Waals surface area (Å²) in [4.78, 5) is 20.9. The van der Waals surface area contributed by atoms with Crippen molar-refractivity contribution in [3.63, 3.8) is 0 Å². The first kappa shape index (κ1) is 22.4. The Balaban J connectivity index is -0.000000845. The van der Waals surface area contributed by atoms with Crippen LogP contribution >= 0.6 is 0 Å². The SMILES string of the molecule is CCCC(CC)CC(C(=O)[O-])C(=O)[O-].[K+].[Li+]. The molecule has 0 heterocycles. The van der Waals surface area contributed by atoms with E-state index < -0.39 is 17.9 Å². The summed E-state index contributed by atoms with van der Waals surface area (Å²) in [6.07, 6.45) is 2.67. The van der Waals surface area contributed by atoms with Gasteiger partial charge in [0.15, 0.2) is 0 Å². The summed E-state index contributed by atoms with van der Waals surface area (Å²) in [5, 5.41) is 20.9. The molecule has 82 valence electrons. The molecule has 0 bridgehead atoms. The van der Waals surface area contributed by atoms with Gasteiger partial charge in [-0.25, -0.2) is 0 Å². The third-order valence-corrected chi connectivity index (χ3v) is 2.41. The Labute approximate surface area is 151 Å². The fourth-order valence-electron chi connectivity index (χ4n) is 1.52. The van der Waals surface area contributed by atoms with Gasteiger partial charge in [-0.1, -0.05) is 33.1 Å². The summed E-state index contributed by atoms with van der Waals surface area (Å²) in [7, 11) is 0. The molecular weight excluding hydrogens is 230 g/mol. The quantitative estimate of drug-likeness (QED) is 0.330. The number of carboxylic acid groups (broad SMARTS) is 2. The molecule has 6 heteroatoms. The van der Waals surface area contributed by atoms with Gasteiger partial charge >= 0.3 is 70.2 Å². The van der Waals surface area contributed by atoms with E-state index in [1.54, 1.807) is 0 Å². The molecular formula is C10H16KLiO4. The number of hydrogen-bond donors (Lipinski definition) is 0. The second-order valence-electron chi connectivity index (χ2n) is 3.49. The van der Waals surface area contributed by atoms with Gasteiger partial charge in [0.2, 0.25) is 0 Å². The molecule has 0 spiro atoms. The van der Waals surface area contributed by atoms with Crippen LogP contribution in [0.2, 0.25) is 0 Å². The van der Waals surface area contributed by atoms with E-state index in [0.29, 0.717) is 0 Å². The molecule has 0 aromatic rings. The molecule has 0 rings (SSSR count). The van der Waals surface area contributed by atoms with Gasteiger partial charge < -0.3 is 19.8 Å². The van der Waals surface area contributed by atoms with Crippen LogP contribution in [0.25, 0.3) is 0 Å². The third-order valence-electron chi connectivity index (χ3n) is 2.41. The van der Waals surface area contributed by atoms with E-state index >= 15 is 0 Å². The smallest absolute Gasteiger partial charge is 0.549 e. The normalized spacial score (nSPS) is 11.2. The molecule has 0 aliphatic rings. The predicted molar refractivity (Wildman–Crippen MR) is 46.8 cm³/mol. The molecule has 0 N–H and O–H groups in total. The minimum Gasteiger partial charge on any atom is -0.549 e. The first-order chi connectivity index (χ1) is 6.52. The molecule has 0 aliphatic carbocycles. The van der Waals surface area contributed by atoms with Crippen LogP contribution in [0.4, 0.5) is 0 Å². The van der Waals surface area contributed by atoms with Gasteiger partial charge in [-0.15, -0.1) is 0 Å². The molecule has 4 nitrogen and oxygen atoms in total. The van der Waals surface area contributed by atoms with E-state index in [4.69, 9.17) is 0 Å². The average molecular weight is 246 g/mol. The zero-order chi connectivity index (χ0) is 11.1. The molecule has 0 fully saturated rings. The summed E-state index contributed by atoms with van der Waals surface area (Å²) in [6.45, 7) is 3.90. The van der Waals surface area contributed by atoms with Gasteiger partial charge in [0.05, 0.1) is 11.9 Å². The number of hydrogen-bond acceptors (Lipinski definition) is 4. The van der Waals surface area contributed by atoms with Crippen molar-refractivity contribution in [3.05, 3.63) is 0 Å². The van der Waals surface area contributed by atoms with Crippen LogP contribution < -0.4 is 80.5 Å². The molecule has 1 atom stereocenters. The Kier molecular flexibility index (Phi) is 17.6. The van der Waals surface area contributed by atoms with Gasteiger partial charge in [-0.05, 0) is 12.3 Å². The van der Waals surface area contributed by atoms with E-state index in [1.165, 1.54) is 0 Å². The van der Waals surface area contributed by atoms with E-state index in [9.17, 15) is 19.8 Å². The van der Waals surface area contributed by atoms with Gasteiger partial charge in [0.25, 0.3) is 0 Å². The van der Waals surface area contributed by atoms with E-state index in [1.807, 2.05) is 13.8 Å². The van der Waals surface area contributed by atoms with Crippen LogP contribution in [-0.4, -0.2) is 11.9 Å². The zero-order valence-corrected chi connectivity index (χ0v) is 13.7. The van der Waals surface area contributed by atoms with Crippen LogP contribution in [0.5, 0.6) is 0 Å². The minimum absolute atomic E-state index is 0. The topological polar surface area (TPSA) is 80.3 Å². The van der Waals surface area contributed by atoms with Crippen molar-refractivity contribution < 1.29 is 90.0 Å². The Morgan fingerprint density at radius 1 is 1.12 bits per heavy atom. The van der Waals surface area contributed by atoms with Crippen molar-refractivity contribution in [1.29, 1.82) is 0 Å². The summed E-state index contributed by atoms with van der Waals surface area (Å²) < 4.78 is 0. The number of rotatable bonds is 7. The molecule has 0 aliphatic heterocycles. The number of carboxylic acids is 2. The fraction of sp³-hybridized carbons (Fsp3) is 0.800. The second-order valence-corrected chi connectivity index (χ2v) is 3.49. The molecule has 0 amide bonds. The van der Waals surface area contributed by atoms with Crippen LogP contribution in [-0.2, 0) is 9.59 Å². The molecule has 1 unspecified atom stereocenters. The van der Waals surface area contributed by atoms with E-state index in [0.717, 1.165) is 19.3 Å². The van der Waals surface area contributed by atoms with E-state index in [2.05, 4.69) is 0 Å². The molecule has 0 aromatic carbocycles. The minimum atomic E-state index is -1.54. The Morgan fingerprint density at radius 3 is 1.81 bits per heavy atom. The van der Waals surface area contributed by atoms with Gasteiger partial charge in [-0.2, -0.15) is 0 Å². The van der Waals surface area contributed by atoms with Crippen molar-refractivity contribution >= 4 is 11.9 Å². The standard InChI is InChI=1S/C10H18O4.K.Li/c1-3-5-7(4-2)6-8(9(11)12)10(13)14;;/h7-8H,3-6H2,1-2H3,(H,11,12)(H,13,14);;/q;2*+1/p-2. The molecule has 0 aromatic heterocycles. The van der Waals surface area contributed by atoms with Crippen molar-refractivity contribution in [3.8, 4) is 0 Å². The average Bonchev–Trinajstić information content (AvgIpc) is 2.10. The molecule has 0 saturated carbocycles. The van der Waals surface area contributed by atoms with Crippen molar-refractivity contribution in [2.75, 3.05) is 0 Å². The molecule has 0 radical (unpaired) electrons. The maximum Gasteiger partial charge on any atom is 1.00 e. The van der Waals surface area contributed by atoms with Crippen LogP contribution in [0.3, 0.4) is 0 Å². The maximum atomic E-state index is 10.5. The van der Waals surface area contributed by atoms with Gasteiger partial charge in [-0.3, -0.25) is 0 Å². The Bertz CT molecular complexity index is 197. The van der Waals surface area contributed by atoms with Crippen molar-refractivity contribution in [1.82, 2.24) is 0 Å². The first-order valence-electron chi connectivity index (χ1n) is 4.94. The molecule has 0 saturated heterocycles. The fourth-order valence-corrected chi connectivity index (χ4v) is 1.52. The summed E-state index contributed by atoms with van der Waals surface area (Å²) in [5.74, 6) is -4.42. The number of aliphatic carboxylic acids is 2. The zero-order valence-electron chi connectivity index (χ0n) is 10.6. The predicted octanol–water partition coefficient (Wildman–Crippen LogP) is -6.67. The third kappa shape index (κ3) is 9.23. The van der Waals surface area contributed by atoms with Crippen LogP contribution in [0, 0.1) is 11.8 Å². The maximum absolute atomic E-state index is 10.5. The largest absolute Gasteiger partial charge is 1.00 e. The number of carbonyl (C=O) groups is 2. The monoisotopic (exact) mass is 246 g/mol. The Morgan fingerprint density at radius 2 is 1.56 bits per heavy atom. The van der Waals surface area contributed by atoms with Gasteiger partial charge in [0.1, 0.15) is 0 Å². The Hall–Kier alpha value is 1.17.